The second-order valence-electron chi connectivity index (χ2n) is 5.48. The second kappa shape index (κ2) is 6.19. The molecule has 0 fully saturated rings. The summed E-state index contributed by atoms with van der Waals surface area (Å²) in [5.41, 5.74) is 1.49. The molecule has 0 amide bonds. The molecule has 0 bridgehead atoms. The van der Waals surface area contributed by atoms with Crippen LogP contribution < -0.4 is 5.32 Å². The molecule has 1 aromatic rings. The number of imidazole rings is 1. The van der Waals surface area contributed by atoms with Crippen molar-refractivity contribution in [3.05, 3.63) is 17.7 Å². The van der Waals surface area contributed by atoms with Gasteiger partial charge in [-0.2, -0.15) is 0 Å². The number of rotatable bonds is 6. The van der Waals surface area contributed by atoms with E-state index >= 15 is 0 Å². The number of hydrogen-bond donors (Lipinski definition) is 1. The van der Waals surface area contributed by atoms with Crippen LogP contribution in [-0.4, -0.2) is 34.2 Å². The van der Waals surface area contributed by atoms with Crippen LogP contribution in [0, 0.1) is 13.8 Å². The number of methoxy groups -OCH3 is 1. The minimum Gasteiger partial charge on any atom is -0.468 e. The average molecular weight is 267 g/mol. The first kappa shape index (κ1) is 15.7. The Kier molecular flexibility index (Phi) is 5.11. The van der Waals surface area contributed by atoms with Gasteiger partial charge in [-0.1, -0.05) is 0 Å². The number of nitrogens with zero attached hydrogens (tertiary/aromatic N) is 2. The molecule has 1 unspecified atom stereocenters. The van der Waals surface area contributed by atoms with Gasteiger partial charge in [0.1, 0.15) is 5.54 Å². The smallest absolute Gasteiger partial charge is 0.325 e. The number of nitrogens with one attached hydrogen (secondary N) is 1. The predicted octanol–water partition coefficient (Wildman–Crippen LogP) is 1.82. The highest BCUT2D eigenvalue weighted by atomic mass is 16.5. The van der Waals surface area contributed by atoms with Gasteiger partial charge in [-0.3, -0.25) is 10.1 Å². The first-order valence-electron chi connectivity index (χ1n) is 6.64. The van der Waals surface area contributed by atoms with E-state index < -0.39 is 5.54 Å². The first-order chi connectivity index (χ1) is 8.80. The number of aromatic nitrogens is 2. The van der Waals surface area contributed by atoms with Crippen LogP contribution in [0.15, 0.2) is 6.33 Å². The Hall–Kier alpha value is -1.36. The van der Waals surface area contributed by atoms with Gasteiger partial charge in [0.15, 0.2) is 0 Å². The maximum absolute atomic E-state index is 12.0. The zero-order valence-electron chi connectivity index (χ0n) is 12.8. The van der Waals surface area contributed by atoms with Gasteiger partial charge < -0.3 is 9.30 Å². The summed E-state index contributed by atoms with van der Waals surface area (Å²) in [5, 5.41) is 3.30. The monoisotopic (exact) mass is 267 g/mol. The van der Waals surface area contributed by atoms with Crippen LogP contribution >= 0.6 is 0 Å². The molecular formula is C14H25N3O2. The molecule has 5 heteroatoms. The third kappa shape index (κ3) is 3.80. The van der Waals surface area contributed by atoms with Gasteiger partial charge >= 0.3 is 5.97 Å². The van der Waals surface area contributed by atoms with Crippen LogP contribution in [0.2, 0.25) is 0 Å². The highest BCUT2D eigenvalue weighted by Crippen LogP contribution is 2.16. The highest BCUT2D eigenvalue weighted by molar-refractivity contribution is 5.80. The molecule has 1 aromatic heterocycles. The summed E-state index contributed by atoms with van der Waals surface area (Å²) >= 11 is 0. The van der Waals surface area contributed by atoms with Crippen molar-refractivity contribution in [3.63, 3.8) is 0 Å². The Morgan fingerprint density at radius 3 is 2.58 bits per heavy atom. The van der Waals surface area contributed by atoms with Crippen molar-refractivity contribution in [2.24, 2.45) is 0 Å². The molecule has 108 valence electrons. The molecule has 0 radical (unpaired) electrons. The summed E-state index contributed by atoms with van der Waals surface area (Å²) in [6.45, 7) is 10.7. The minimum atomic E-state index is -0.673. The Labute approximate surface area is 115 Å². The summed E-state index contributed by atoms with van der Waals surface area (Å²) in [7, 11) is 1.43. The molecule has 0 saturated carbocycles. The second-order valence-corrected chi connectivity index (χ2v) is 5.48. The number of esters is 1. The van der Waals surface area contributed by atoms with Crippen LogP contribution in [0.3, 0.4) is 0 Å². The van der Waals surface area contributed by atoms with Gasteiger partial charge in [0.2, 0.25) is 0 Å². The lowest BCUT2D eigenvalue weighted by molar-refractivity contribution is -0.148. The summed E-state index contributed by atoms with van der Waals surface area (Å²) in [4.78, 5) is 16.2. The van der Waals surface area contributed by atoms with Gasteiger partial charge in [-0.15, -0.1) is 0 Å². The van der Waals surface area contributed by atoms with Crippen molar-refractivity contribution in [1.82, 2.24) is 14.9 Å². The lowest BCUT2D eigenvalue weighted by Crippen LogP contribution is -2.53. The van der Waals surface area contributed by atoms with Crippen molar-refractivity contribution in [2.75, 3.05) is 7.11 Å². The molecular weight excluding hydrogens is 242 g/mol. The standard InChI is InChI=1S/C14H25N3O2/c1-10(2)16-14(5,13(18)19-6)7-8-17-9-15-11(3)12(17)4/h9-10,16H,7-8H2,1-6H3. The van der Waals surface area contributed by atoms with Gasteiger partial charge in [-0.25, -0.2) is 4.98 Å². The Bertz CT molecular complexity index is 440. The summed E-state index contributed by atoms with van der Waals surface area (Å²) in [5.74, 6) is -0.226. The largest absolute Gasteiger partial charge is 0.468 e. The highest BCUT2D eigenvalue weighted by Gasteiger charge is 2.34. The first-order valence-corrected chi connectivity index (χ1v) is 6.64. The molecule has 1 N–H and O–H groups in total. The van der Waals surface area contributed by atoms with E-state index in [2.05, 4.69) is 14.9 Å². The normalized spacial score (nSPS) is 14.5. The Balaban J connectivity index is 2.78. The van der Waals surface area contributed by atoms with Gasteiger partial charge in [0.05, 0.1) is 19.1 Å². The lowest BCUT2D eigenvalue weighted by atomic mass is 9.96. The molecule has 0 aliphatic carbocycles. The number of hydrogen-bond acceptors (Lipinski definition) is 4. The Morgan fingerprint density at radius 1 is 1.53 bits per heavy atom. The van der Waals surface area contributed by atoms with Crippen molar-refractivity contribution in [2.45, 2.75) is 59.2 Å². The van der Waals surface area contributed by atoms with Crippen LogP contribution in [0.25, 0.3) is 0 Å². The minimum absolute atomic E-state index is 0.217. The molecule has 19 heavy (non-hydrogen) atoms. The molecule has 5 nitrogen and oxygen atoms in total. The van der Waals surface area contributed by atoms with Crippen molar-refractivity contribution in [1.29, 1.82) is 0 Å². The van der Waals surface area contributed by atoms with Crippen LogP contribution in [-0.2, 0) is 16.1 Å². The maximum Gasteiger partial charge on any atom is 0.325 e. The van der Waals surface area contributed by atoms with Crippen LogP contribution in [0.5, 0.6) is 0 Å². The van der Waals surface area contributed by atoms with E-state index in [0.717, 1.165) is 17.9 Å². The predicted molar refractivity (Wildman–Crippen MR) is 75.0 cm³/mol. The fraction of sp³-hybridized carbons (Fsp3) is 0.714. The summed E-state index contributed by atoms with van der Waals surface area (Å²) in [6, 6.07) is 0.217. The van der Waals surface area contributed by atoms with Crippen LogP contribution in [0.1, 0.15) is 38.6 Å². The van der Waals surface area contributed by atoms with Gasteiger partial charge in [0, 0.05) is 18.3 Å². The summed E-state index contributed by atoms with van der Waals surface area (Å²) in [6.07, 6.45) is 2.48. The van der Waals surface area contributed by atoms with Crippen LogP contribution in [0.4, 0.5) is 0 Å². The van der Waals surface area contributed by atoms with Crippen molar-refractivity contribution in [3.8, 4) is 0 Å². The molecule has 1 atom stereocenters. The number of aryl methyl sites for hydroxylation is 2. The topological polar surface area (TPSA) is 56.2 Å². The lowest BCUT2D eigenvalue weighted by Gasteiger charge is -2.30. The third-order valence-corrected chi connectivity index (χ3v) is 3.44. The quantitative estimate of drug-likeness (QED) is 0.799. The number of carbonyl (C=O) groups is 1. The number of carbonyl (C=O) groups excluding carboxylic acids is 1. The van der Waals surface area contributed by atoms with E-state index in [1.54, 1.807) is 0 Å². The van der Waals surface area contributed by atoms with E-state index in [1.807, 2.05) is 40.9 Å². The maximum atomic E-state index is 12.0. The fourth-order valence-electron chi connectivity index (χ4n) is 2.21. The summed E-state index contributed by atoms with van der Waals surface area (Å²) < 4.78 is 6.98. The zero-order chi connectivity index (χ0) is 14.6. The molecule has 0 spiro atoms. The van der Waals surface area contributed by atoms with Gasteiger partial charge in [0.25, 0.3) is 0 Å². The van der Waals surface area contributed by atoms with E-state index in [-0.39, 0.29) is 12.0 Å². The molecule has 1 rings (SSSR count). The SMILES string of the molecule is COC(=O)C(C)(CCn1cnc(C)c1C)NC(C)C. The zero-order valence-corrected chi connectivity index (χ0v) is 12.8. The molecule has 0 saturated heterocycles. The van der Waals surface area contributed by atoms with Gasteiger partial charge in [-0.05, 0) is 41.0 Å². The van der Waals surface area contributed by atoms with E-state index in [4.69, 9.17) is 4.74 Å². The van der Waals surface area contributed by atoms with E-state index in [9.17, 15) is 4.79 Å². The van der Waals surface area contributed by atoms with E-state index in [1.165, 1.54) is 7.11 Å². The average Bonchev–Trinajstić information content (AvgIpc) is 2.65. The fourth-order valence-corrected chi connectivity index (χ4v) is 2.21. The molecule has 0 aliphatic heterocycles. The van der Waals surface area contributed by atoms with E-state index in [0.29, 0.717) is 6.42 Å². The van der Waals surface area contributed by atoms with Crippen molar-refractivity contribution < 1.29 is 9.53 Å². The number of ether oxygens (including phenoxy) is 1. The molecule has 1 heterocycles. The molecule has 0 aromatic carbocycles. The molecule has 0 aliphatic rings. The Morgan fingerprint density at radius 2 is 2.16 bits per heavy atom. The third-order valence-electron chi connectivity index (χ3n) is 3.44. The van der Waals surface area contributed by atoms with Crippen molar-refractivity contribution >= 4 is 5.97 Å².